The fourth-order valence-corrected chi connectivity index (χ4v) is 3.73. The molecule has 1 spiro atoms. The van der Waals surface area contributed by atoms with Crippen molar-refractivity contribution in [3.8, 4) is 0 Å². The number of hydrogen-bond acceptors (Lipinski definition) is 6. The van der Waals surface area contributed by atoms with Crippen LogP contribution in [-0.2, 0) is 18.9 Å². The Morgan fingerprint density at radius 2 is 2.20 bits per heavy atom. The Bertz CT molecular complexity index is 536. The largest absolute Gasteiger partial charge is 0.497 e. The topological polar surface area (TPSA) is 77.5 Å². The Labute approximate surface area is 148 Å². The lowest BCUT2D eigenvalue weighted by molar-refractivity contribution is -0.324. The highest BCUT2D eigenvalue weighted by molar-refractivity contribution is 5.71. The number of fused-ring (bicyclic) bond motifs is 1. The van der Waals surface area contributed by atoms with Gasteiger partial charge in [-0.25, -0.2) is 4.79 Å². The molecule has 3 saturated heterocycles. The van der Waals surface area contributed by atoms with Crippen molar-refractivity contribution in [1.29, 1.82) is 0 Å². The van der Waals surface area contributed by atoms with Crippen LogP contribution in [0.1, 0.15) is 46.5 Å². The predicted octanol–water partition coefficient (Wildman–Crippen LogP) is 2.18. The minimum Gasteiger partial charge on any atom is -0.497 e. The highest BCUT2D eigenvalue weighted by atomic mass is 16.7. The fourth-order valence-electron chi connectivity index (χ4n) is 3.73. The molecule has 3 rings (SSSR count). The van der Waals surface area contributed by atoms with Gasteiger partial charge in [-0.1, -0.05) is 19.9 Å². The van der Waals surface area contributed by atoms with Crippen LogP contribution >= 0.6 is 0 Å². The Kier molecular flexibility index (Phi) is 5.01. The van der Waals surface area contributed by atoms with Gasteiger partial charge in [0.1, 0.15) is 11.9 Å². The number of amides is 1. The monoisotopic (exact) mass is 355 g/mol. The number of aliphatic hydroxyl groups is 1. The maximum absolute atomic E-state index is 12.3. The molecule has 0 radical (unpaired) electrons. The lowest BCUT2D eigenvalue weighted by Crippen LogP contribution is -2.62. The molecule has 1 N–H and O–H groups in total. The first kappa shape index (κ1) is 18.5. The smallest absolute Gasteiger partial charge is 0.411 e. The Morgan fingerprint density at radius 1 is 1.44 bits per heavy atom. The standard InChI is InChI=1S/C18H29NO6/c1-5-6-9-22-12(2)10-19-13-11-23-18(8-7-17(3,4)25-18)15(20)14(13)24-16(19)21/h13-15,20H,2,5-11H2,1,3-4H3. The van der Waals surface area contributed by atoms with Gasteiger partial charge in [-0.05, 0) is 26.7 Å². The van der Waals surface area contributed by atoms with Gasteiger partial charge in [0.25, 0.3) is 0 Å². The Morgan fingerprint density at radius 3 is 2.84 bits per heavy atom. The zero-order valence-corrected chi connectivity index (χ0v) is 15.3. The summed E-state index contributed by atoms with van der Waals surface area (Å²) in [6.07, 6.45) is 1.16. The molecular formula is C18H29NO6. The average Bonchev–Trinajstić information content (AvgIpc) is 3.03. The van der Waals surface area contributed by atoms with Crippen LogP contribution in [0.2, 0.25) is 0 Å². The number of nitrogens with zero attached hydrogens (tertiary/aromatic N) is 1. The lowest BCUT2D eigenvalue weighted by Gasteiger charge is -2.44. The van der Waals surface area contributed by atoms with Crippen LogP contribution in [0, 0.1) is 0 Å². The van der Waals surface area contributed by atoms with Crippen LogP contribution in [0.25, 0.3) is 0 Å². The molecule has 0 aromatic carbocycles. The average molecular weight is 355 g/mol. The maximum Gasteiger partial charge on any atom is 0.411 e. The molecule has 25 heavy (non-hydrogen) atoms. The number of rotatable bonds is 6. The zero-order chi connectivity index (χ0) is 18.2. The molecule has 3 heterocycles. The van der Waals surface area contributed by atoms with Crippen molar-refractivity contribution in [1.82, 2.24) is 4.90 Å². The van der Waals surface area contributed by atoms with E-state index in [1.54, 1.807) is 0 Å². The summed E-state index contributed by atoms with van der Waals surface area (Å²) in [6, 6.07) is -0.369. The summed E-state index contributed by atoms with van der Waals surface area (Å²) in [5.74, 6) is -0.575. The molecule has 4 atom stereocenters. The molecule has 0 saturated carbocycles. The number of aliphatic hydroxyl groups excluding tert-OH is 1. The third-order valence-corrected chi connectivity index (χ3v) is 5.19. The van der Waals surface area contributed by atoms with Crippen LogP contribution in [0.5, 0.6) is 0 Å². The van der Waals surface area contributed by atoms with Gasteiger partial charge in [-0.2, -0.15) is 0 Å². The van der Waals surface area contributed by atoms with Crippen molar-refractivity contribution in [3.05, 3.63) is 12.3 Å². The molecule has 0 aromatic rings. The van der Waals surface area contributed by atoms with E-state index >= 15 is 0 Å². The SMILES string of the molecule is C=C(CN1C(=O)OC2C1COC1(CCC(C)(C)O1)C2O)OCCCC. The second kappa shape index (κ2) is 6.78. The second-order valence-electron chi connectivity index (χ2n) is 7.71. The van der Waals surface area contributed by atoms with E-state index in [4.69, 9.17) is 18.9 Å². The third kappa shape index (κ3) is 3.50. The maximum atomic E-state index is 12.3. The van der Waals surface area contributed by atoms with Crippen LogP contribution in [-0.4, -0.2) is 65.5 Å². The number of ether oxygens (including phenoxy) is 4. The molecular weight excluding hydrogens is 326 g/mol. The van der Waals surface area contributed by atoms with Crippen molar-refractivity contribution in [3.63, 3.8) is 0 Å². The summed E-state index contributed by atoms with van der Waals surface area (Å²) in [7, 11) is 0. The van der Waals surface area contributed by atoms with Gasteiger partial charge >= 0.3 is 6.09 Å². The van der Waals surface area contributed by atoms with E-state index in [9.17, 15) is 9.90 Å². The molecule has 7 heteroatoms. The Balaban J connectivity index is 1.64. The number of carbonyl (C=O) groups excluding carboxylic acids is 1. The number of unbranched alkanes of at least 4 members (excludes halogenated alkanes) is 1. The van der Waals surface area contributed by atoms with Crippen molar-refractivity contribution in [2.24, 2.45) is 0 Å². The van der Waals surface area contributed by atoms with Gasteiger partial charge in [0, 0.05) is 6.42 Å². The van der Waals surface area contributed by atoms with Crippen molar-refractivity contribution in [2.45, 2.75) is 76.1 Å². The first-order chi connectivity index (χ1) is 11.8. The van der Waals surface area contributed by atoms with Gasteiger partial charge in [0.05, 0.1) is 31.4 Å². The quantitative estimate of drug-likeness (QED) is 0.581. The summed E-state index contributed by atoms with van der Waals surface area (Å²) in [6.45, 7) is 11.0. The first-order valence-corrected chi connectivity index (χ1v) is 9.08. The molecule has 3 fully saturated rings. The minimum absolute atomic E-state index is 0.235. The van der Waals surface area contributed by atoms with Crippen molar-refractivity contribution in [2.75, 3.05) is 19.8 Å². The van der Waals surface area contributed by atoms with Gasteiger partial charge in [0.2, 0.25) is 0 Å². The van der Waals surface area contributed by atoms with Gasteiger partial charge in [-0.3, -0.25) is 4.90 Å². The van der Waals surface area contributed by atoms with E-state index < -0.39 is 24.1 Å². The number of hydrogen-bond donors (Lipinski definition) is 1. The molecule has 142 valence electrons. The molecule has 1 amide bonds. The summed E-state index contributed by atoms with van der Waals surface area (Å²) < 4.78 is 22.9. The van der Waals surface area contributed by atoms with Crippen LogP contribution in [0.15, 0.2) is 12.3 Å². The molecule has 0 bridgehead atoms. The minimum atomic E-state index is -1.09. The highest BCUT2D eigenvalue weighted by Gasteiger charge is 2.61. The lowest BCUT2D eigenvalue weighted by atomic mass is 9.92. The van der Waals surface area contributed by atoms with Gasteiger partial charge < -0.3 is 24.1 Å². The summed E-state index contributed by atoms with van der Waals surface area (Å²) in [5, 5.41) is 10.8. The van der Waals surface area contributed by atoms with E-state index in [1.165, 1.54) is 4.90 Å². The zero-order valence-electron chi connectivity index (χ0n) is 15.3. The van der Waals surface area contributed by atoms with E-state index in [0.717, 1.165) is 19.3 Å². The molecule has 0 aliphatic carbocycles. The van der Waals surface area contributed by atoms with Crippen molar-refractivity contribution >= 4 is 6.09 Å². The van der Waals surface area contributed by atoms with E-state index in [1.807, 2.05) is 13.8 Å². The molecule has 0 aromatic heterocycles. The fraction of sp³-hybridized carbons (Fsp3) is 0.833. The molecule has 3 aliphatic rings. The van der Waals surface area contributed by atoms with E-state index in [2.05, 4.69) is 13.5 Å². The van der Waals surface area contributed by atoms with E-state index in [-0.39, 0.29) is 24.8 Å². The molecule has 4 unspecified atom stereocenters. The number of carbonyl (C=O) groups is 1. The van der Waals surface area contributed by atoms with E-state index in [0.29, 0.717) is 18.8 Å². The normalized spacial score (nSPS) is 36.4. The first-order valence-electron chi connectivity index (χ1n) is 9.08. The van der Waals surface area contributed by atoms with Crippen LogP contribution in [0.3, 0.4) is 0 Å². The third-order valence-electron chi connectivity index (χ3n) is 5.19. The van der Waals surface area contributed by atoms with Crippen molar-refractivity contribution < 1.29 is 28.8 Å². The summed E-state index contributed by atoms with van der Waals surface area (Å²) in [5.41, 5.74) is -0.364. The summed E-state index contributed by atoms with van der Waals surface area (Å²) in [4.78, 5) is 13.8. The van der Waals surface area contributed by atoms with Crippen LogP contribution in [0.4, 0.5) is 4.79 Å². The molecule has 7 nitrogen and oxygen atoms in total. The highest BCUT2D eigenvalue weighted by Crippen LogP contribution is 2.46. The van der Waals surface area contributed by atoms with Crippen LogP contribution < -0.4 is 0 Å². The molecule has 3 aliphatic heterocycles. The van der Waals surface area contributed by atoms with Gasteiger partial charge in [0.15, 0.2) is 11.9 Å². The summed E-state index contributed by atoms with van der Waals surface area (Å²) >= 11 is 0. The Hall–Kier alpha value is -1.31. The predicted molar refractivity (Wildman–Crippen MR) is 89.9 cm³/mol. The van der Waals surface area contributed by atoms with Gasteiger partial charge in [-0.15, -0.1) is 0 Å². The second-order valence-corrected chi connectivity index (χ2v) is 7.71.